The molecule has 1 saturated carbocycles. The van der Waals surface area contributed by atoms with Gasteiger partial charge in [-0.25, -0.2) is 0 Å². The maximum Gasteiger partial charge on any atom is 0.255 e. The van der Waals surface area contributed by atoms with Crippen molar-refractivity contribution >= 4 is 23.6 Å². The zero-order chi connectivity index (χ0) is 29.7. The number of hydrogen-bond donors (Lipinski definition) is 7. The predicted octanol–water partition coefficient (Wildman–Crippen LogP) is 0.629. The maximum absolute atomic E-state index is 13.3. The molecule has 5 rings (SSSR count). The van der Waals surface area contributed by atoms with E-state index in [1.807, 2.05) is 0 Å². The number of aromatic hydroxyl groups is 1. The molecule has 0 saturated heterocycles. The van der Waals surface area contributed by atoms with Crippen LogP contribution in [0.5, 0.6) is 17.2 Å². The van der Waals surface area contributed by atoms with E-state index < -0.39 is 47.9 Å². The molecule has 12 nitrogen and oxygen atoms in total. The first-order valence-electron chi connectivity index (χ1n) is 13.7. The Kier molecular flexibility index (Phi) is 9.46. The van der Waals surface area contributed by atoms with Crippen molar-refractivity contribution in [2.24, 2.45) is 0 Å². The van der Waals surface area contributed by atoms with Gasteiger partial charge in [-0.1, -0.05) is 12.1 Å². The van der Waals surface area contributed by atoms with Crippen LogP contribution < -0.4 is 26.0 Å². The van der Waals surface area contributed by atoms with E-state index >= 15 is 0 Å². The summed E-state index contributed by atoms with van der Waals surface area (Å²) in [4.78, 5) is 52.4. The summed E-state index contributed by atoms with van der Waals surface area (Å²) in [6.45, 7) is 2.72. The summed E-state index contributed by atoms with van der Waals surface area (Å²) >= 11 is 0. The van der Waals surface area contributed by atoms with Crippen LogP contribution in [-0.2, 0) is 20.8 Å². The van der Waals surface area contributed by atoms with E-state index in [0.29, 0.717) is 31.4 Å². The molecule has 0 aromatic heterocycles. The second kappa shape index (κ2) is 13.0. The predicted molar refractivity (Wildman–Crippen MR) is 147 cm³/mol. The van der Waals surface area contributed by atoms with Crippen molar-refractivity contribution in [2.75, 3.05) is 0 Å². The number of fused-ring (bicyclic) bond motifs is 11. The van der Waals surface area contributed by atoms with Crippen LogP contribution >= 0.6 is 0 Å². The quantitative estimate of drug-likeness (QED) is 0.263. The Morgan fingerprint density at radius 2 is 1.61 bits per heavy atom. The van der Waals surface area contributed by atoms with Gasteiger partial charge in [0.2, 0.25) is 17.7 Å². The van der Waals surface area contributed by atoms with E-state index in [2.05, 4.69) is 21.3 Å². The Balaban J connectivity index is 1.63. The molecule has 1 aliphatic carbocycles. The molecule has 3 aliphatic rings. The van der Waals surface area contributed by atoms with Gasteiger partial charge < -0.3 is 41.3 Å². The molecule has 4 atom stereocenters. The summed E-state index contributed by atoms with van der Waals surface area (Å²) in [7, 11) is 0. The summed E-state index contributed by atoms with van der Waals surface area (Å²) in [6.07, 6.45) is 0.837. The number of benzene rings is 2. The molecule has 12 heteroatoms. The standard InChI is InChI=1S/C29H36N4O8/c1-15-26(37)32-23(28(39)31-18-5-7-19(35)8-6-18)13-17-3-9-20(10-4-17)41-21-11-12-24(36)22(14-21)27(38)33-25(16(2)34)29(40)30-15/h3-4,9-12,14-16,18-19,23,25,34-36H,5-8,13H2,1-2H3,(H,30,40)(H,31,39)(H,32,37)(H,33,38)/t15-,16+,18?,19?,23-,25-/m0/s1. The molecule has 2 aromatic carbocycles. The van der Waals surface area contributed by atoms with Crippen molar-refractivity contribution in [3.05, 3.63) is 53.6 Å². The highest BCUT2D eigenvalue weighted by molar-refractivity contribution is 6.00. The van der Waals surface area contributed by atoms with Crippen molar-refractivity contribution in [2.45, 2.75) is 82.3 Å². The molecule has 0 spiro atoms. The number of carbonyl (C=O) groups is 4. The smallest absolute Gasteiger partial charge is 0.255 e. The fourth-order valence-corrected chi connectivity index (χ4v) is 4.85. The monoisotopic (exact) mass is 568 g/mol. The van der Waals surface area contributed by atoms with Crippen molar-refractivity contribution in [1.29, 1.82) is 0 Å². The van der Waals surface area contributed by atoms with Crippen LogP contribution in [0.1, 0.15) is 55.5 Å². The van der Waals surface area contributed by atoms with Crippen molar-refractivity contribution in [3.8, 4) is 17.2 Å². The van der Waals surface area contributed by atoms with E-state index in [4.69, 9.17) is 4.74 Å². The van der Waals surface area contributed by atoms with E-state index in [0.717, 1.165) is 5.56 Å². The number of amides is 4. The molecule has 0 radical (unpaired) electrons. The first kappa shape index (κ1) is 29.8. The molecular formula is C29H36N4O8. The average molecular weight is 569 g/mol. The van der Waals surface area contributed by atoms with Gasteiger partial charge >= 0.3 is 0 Å². The van der Waals surface area contributed by atoms with Gasteiger partial charge in [-0.3, -0.25) is 19.2 Å². The molecule has 41 heavy (non-hydrogen) atoms. The molecule has 2 heterocycles. The Morgan fingerprint density at radius 3 is 2.27 bits per heavy atom. The summed E-state index contributed by atoms with van der Waals surface area (Å²) < 4.78 is 5.84. The Labute approximate surface area is 237 Å². The highest BCUT2D eigenvalue weighted by Gasteiger charge is 2.32. The topological polar surface area (TPSA) is 186 Å². The number of aliphatic hydroxyl groups is 2. The van der Waals surface area contributed by atoms with E-state index in [1.165, 1.54) is 32.0 Å². The zero-order valence-electron chi connectivity index (χ0n) is 22.9. The van der Waals surface area contributed by atoms with E-state index in [9.17, 15) is 34.5 Å². The van der Waals surface area contributed by atoms with Crippen molar-refractivity contribution in [1.82, 2.24) is 21.3 Å². The number of ether oxygens (including phenoxy) is 1. The van der Waals surface area contributed by atoms with Crippen LogP contribution in [0, 0.1) is 0 Å². The lowest BCUT2D eigenvalue weighted by molar-refractivity contribution is -0.133. The molecule has 220 valence electrons. The highest BCUT2D eigenvalue weighted by atomic mass is 16.5. The van der Waals surface area contributed by atoms with Crippen LogP contribution in [0.25, 0.3) is 0 Å². The van der Waals surface area contributed by atoms with Crippen LogP contribution in [0.15, 0.2) is 42.5 Å². The lowest BCUT2D eigenvalue weighted by atomic mass is 9.92. The van der Waals surface area contributed by atoms with Crippen LogP contribution in [-0.4, -0.2) is 75.3 Å². The highest BCUT2D eigenvalue weighted by Crippen LogP contribution is 2.28. The van der Waals surface area contributed by atoms with Crippen molar-refractivity contribution < 1.29 is 39.2 Å². The third-order valence-electron chi connectivity index (χ3n) is 7.29. The molecule has 4 amide bonds. The van der Waals surface area contributed by atoms with E-state index in [1.54, 1.807) is 24.3 Å². The van der Waals surface area contributed by atoms with Crippen LogP contribution in [0.2, 0.25) is 0 Å². The molecular weight excluding hydrogens is 532 g/mol. The van der Waals surface area contributed by atoms with Gasteiger partial charge in [0, 0.05) is 12.5 Å². The number of hydrogen-bond acceptors (Lipinski definition) is 8. The normalized spacial score (nSPS) is 26.3. The number of phenolic OH excluding ortho intramolecular Hbond substituents is 1. The number of rotatable bonds is 3. The Bertz CT molecular complexity index is 1270. The Morgan fingerprint density at radius 1 is 0.951 bits per heavy atom. The van der Waals surface area contributed by atoms with Gasteiger partial charge in [-0.15, -0.1) is 0 Å². The van der Waals surface area contributed by atoms with Gasteiger partial charge in [0.05, 0.1) is 17.8 Å². The molecule has 1 fully saturated rings. The summed E-state index contributed by atoms with van der Waals surface area (Å²) in [5, 5.41) is 40.8. The summed E-state index contributed by atoms with van der Waals surface area (Å²) in [5.74, 6) is -2.39. The van der Waals surface area contributed by atoms with Gasteiger partial charge in [-0.2, -0.15) is 0 Å². The fraction of sp³-hybridized carbons (Fsp3) is 0.448. The SMILES string of the molecule is C[C@@H]1NC(=O)[C@H]([C@@H](C)O)NC(=O)c2cc(ccc2O)Oc2ccc(cc2)C[C@@H](C(=O)NC2CCC(O)CC2)NC1=O. The second-order valence-electron chi connectivity index (χ2n) is 10.6. The van der Waals surface area contributed by atoms with Crippen LogP contribution in [0.3, 0.4) is 0 Å². The van der Waals surface area contributed by atoms with E-state index in [-0.39, 0.29) is 35.6 Å². The van der Waals surface area contributed by atoms with Gasteiger partial charge in [0.1, 0.15) is 35.4 Å². The second-order valence-corrected chi connectivity index (χ2v) is 10.6. The average Bonchev–Trinajstić information content (AvgIpc) is 2.93. The number of carbonyl (C=O) groups excluding carboxylic acids is 4. The minimum absolute atomic E-state index is 0.130. The molecule has 2 aromatic rings. The molecule has 4 bridgehead atoms. The minimum Gasteiger partial charge on any atom is -0.507 e. The first-order valence-corrected chi connectivity index (χ1v) is 13.7. The molecule has 0 unspecified atom stereocenters. The maximum atomic E-state index is 13.3. The largest absolute Gasteiger partial charge is 0.507 e. The lowest BCUT2D eigenvalue weighted by Gasteiger charge is -2.29. The van der Waals surface area contributed by atoms with Gasteiger partial charge in [-0.05, 0) is 75.4 Å². The first-order chi connectivity index (χ1) is 19.5. The third-order valence-corrected chi connectivity index (χ3v) is 7.29. The number of nitrogens with one attached hydrogen (secondary N) is 4. The summed E-state index contributed by atoms with van der Waals surface area (Å²) in [6, 6.07) is 7.23. The number of phenols is 1. The van der Waals surface area contributed by atoms with Gasteiger partial charge in [0.25, 0.3) is 5.91 Å². The third kappa shape index (κ3) is 7.74. The Hall–Kier alpha value is -4.16. The van der Waals surface area contributed by atoms with Gasteiger partial charge in [0.15, 0.2) is 0 Å². The minimum atomic E-state index is -1.45. The fourth-order valence-electron chi connectivity index (χ4n) is 4.85. The number of aliphatic hydroxyl groups excluding tert-OH is 2. The molecule has 2 aliphatic heterocycles. The molecule has 7 N–H and O–H groups in total. The lowest BCUT2D eigenvalue weighted by Crippen LogP contribution is -2.58. The zero-order valence-corrected chi connectivity index (χ0v) is 22.9. The summed E-state index contributed by atoms with van der Waals surface area (Å²) in [5.41, 5.74) is 0.556. The van der Waals surface area contributed by atoms with Crippen molar-refractivity contribution in [3.63, 3.8) is 0 Å². The van der Waals surface area contributed by atoms with Crippen LogP contribution in [0.4, 0.5) is 0 Å².